The Morgan fingerprint density at radius 2 is 1.92 bits per heavy atom. The van der Waals surface area contributed by atoms with E-state index in [0.717, 1.165) is 24.2 Å². The fraction of sp³-hybridized carbons (Fsp3) is 0.556. The zero-order valence-corrected chi connectivity index (χ0v) is 15.4. The van der Waals surface area contributed by atoms with Crippen molar-refractivity contribution in [2.75, 3.05) is 0 Å². The molecule has 1 aliphatic rings. The molecule has 2 aromatic rings. The van der Waals surface area contributed by atoms with Gasteiger partial charge in [-0.25, -0.2) is 0 Å². The van der Waals surface area contributed by atoms with Crippen molar-refractivity contribution in [3.8, 4) is 5.75 Å². The van der Waals surface area contributed by atoms with E-state index in [-0.39, 0.29) is 12.2 Å². The fourth-order valence-corrected chi connectivity index (χ4v) is 4.18. The summed E-state index contributed by atoms with van der Waals surface area (Å²) in [7, 11) is 0. The normalized spacial score (nSPS) is 24.1. The topological polar surface area (TPSA) is 57.4 Å². The van der Waals surface area contributed by atoms with Crippen molar-refractivity contribution in [1.29, 1.82) is 0 Å². The Morgan fingerprint density at radius 1 is 1.17 bits per heavy atom. The van der Waals surface area contributed by atoms with Crippen LogP contribution in [0.1, 0.15) is 43.7 Å². The lowest BCUT2D eigenvalue weighted by Gasteiger charge is -2.30. The van der Waals surface area contributed by atoms with Gasteiger partial charge in [0.25, 0.3) is 11.1 Å². The van der Waals surface area contributed by atoms with E-state index in [9.17, 15) is 0 Å². The maximum Gasteiger partial charge on any atom is 0.276 e. The van der Waals surface area contributed by atoms with Crippen LogP contribution in [0, 0.1) is 13.8 Å². The minimum Gasteiger partial charge on any atom is -0.484 e. The van der Waals surface area contributed by atoms with E-state index in [4.69, 9.17) is 13.9 Å². The number of nitrogens with zero attached hydrogens (tertiary/aromatic N) is 2. The number of thioether (sulfide) groups is 1. The first kappa shape index (κ1) is 17.3. The summed E-state index contributed by atoms with van der Waals surface area (Å²) in [6.07, 6.45) is 2.57. The Morgan fingerprint density at radius 3 is 2.67 bits per heavy atom. The molecule has 130 valence electrons. The molecule has 2 heterocycles. The predicted molar refractivity (Wildman–Crippen MR) is 93.4 cm³/mol. The van der Waals surface area contributed by atoms with E-state index in [1.165, 1.54) is 5.56 Å². The Bertz CT molecular complexity index is 679. The third-order valence-electron chi connectivity index (χ3n) is 4.06. The molecule has 1 unspecified atom stereocenters. The van der Waals surface area contributed by atoms with E-state index < -0.39 is 0 Å². The molecule has 24 heavy (non-hydrogen) atoms. The predicted octanol–water partition coefficient (Wildman–Crippen LogP) is 4.31. The highest BCUT2D eigenvalue weighted by molar-refractivity contribution is 7.99. The molecule has 0 bridgehead atoms. The third-order valence-corrected chi connectivity index (χ3v) is 5.15. The largest absolute Gasteiger partial charge is 0.484 e. The summed E-state index contributed by atoms with van der Waals surface area (Å²) in [6.45, 7) is 8.58. The van der Waals surface area contributed by atoms with Crippen molar-refractivity contribution in [2.45, 2.75) is 69.8 Å². The summed E-state index contributed by atoms with van der Waals surface area (Å²) in [5.74, 6) is 1.36. The molecule has 0 spiro atoms. The summed E-state index contributed by atoms with van der Waals surface area (Å²) in [5.41, 5.74) is 2.26. The van der Waals surface area contributed by atoms with Gasteiger partial charge in [0, 0.05) is 5.25 Å². The number of benzene rings is 1. The maximum absolute atomic E-state index is 5.82. The summed E-state index contributed by atoms with van der Waals surface area (Å²) in [4.78, 5) is 0. The summed E-state index contributed by atoms with van der Waals surface area (Å²) >= 11 is 1.64. The van der Waals surface area contributed by atoms with Crippen LogP contribution < -0.4 is 4.74 Å². The summed E-state index contributed by atoms with van der Waals surface area (Å²) in [6, 6.07) is 6.14. The van der Waals surface area contributed by atoms with Gasteiger partial charge in [-0.15, -0.1) is 10.2 Å². The molecule has 3 rings (SSSR count). The lowest BCUT2D eigenvalue weighted by molar-refractivity contribution is -0.0265. The molecule has 1 aromatic heterocycles. The molecule has 0 saturated carbocycles. The second-order valence-corrected chi connectivity index (χ2v) is 7.74. The number of rotatable bonds is 5. The first-order chi connectivity index (χ1) is 11.5. The maximum atomic E-state index is 5.82. The van der Waals surface area contributed by atoms with Crippen molar-refractivity contribution in [3.05, 3.63) is 35.2 Å². The lowest BCUT2D eigenvalue weighted by Crippen LogP contribution is -2.30. The van der Waals surface area contributed by atoms with E-state index in [1.807, 2.05) is 26.0 Å². The molecule has 1 aliphatic heterocycles. The standard InChI is InChI=1S/C18H24N2O3S/c1-11-5-6-12(2)16(7-11)21-10-17-19-20-18(23-17)24-15-8-13(3)22-14(4)9-15/h5-7,13-15H,8-10H2,1-4H3/t13-,14+,15?. The van der Waals surface area contributed by atoms with Gasteiger partial charge in [-0.3, -0.25) is 0 Å². The number of ether oxygens (including phenoxy) is 2. The molecule has 0 radical (unpaired) electrons. The Labute approximate surface area is 147 Å². The van der Waals surface area contributed by atoms with Gasteiger partial charge < -0.3 is 13.9 Å². The van der Waals surface area contributed by atoms with Crippen LogP contribution in [0.4, 0.5) is 0 Å². The Balaban J connectivity index is 1.56. The smallest absolute Gasteiger partial charge is 0.276 e. The molecule has 1 fully saturated rings. The number of aryl methyl sites for hydroxylation is 2. The first-order valence-electron chi connectivity index (χ1n) is 8.34. The van der Waals surface area contributed by atoms with Gasteiger partial charge in [0.15, 0.2) is 6.61 Å². The van der Waals surface area contributed by atoms with Crippen LogP contribution in [0.2, 0.25) is 0 Å². The number of hydrogen-bond acceptors (Lipinski definition) is 6. The van der Waals surface area contributed by atoms with Crippen LogP contribution in [0.15, 0.2) is 27.8 Å². The molecule has 1 saturated heterocycles. The Kier molecular flexibility index (Phi) is 5.46. The highest BCUT2D eigenvalue weighted by atomic mass is 32.2. The van der Waals surface area contributed by atoms with Crippen LogP contribution in [0.5, 0.6) is 5.75 Å². The van der Waals surface area contributed by atoms with E-state index in [0.29, 0.717) is 23.0 Å². The van der Waals surface area contributed by atoms with Crippen LogP contribution in [-0.4, -0.2) is 27.7 Å². The minimum atomic E-state index is 0.279. The molecule has 5 nitrogen and oxygen atoms in total. The van der Waals surface area contributed by atoms with E-state index >= 15 is 0 Å². The molecule has 0 amide bonds. The molecule has 3 atom stereocenters. The van der Waals surface area contributed by atoms with Gasteiger partial charge in [0.2, 0.25) is 0 Å². The number of hydrogen-bond donors (Lipinski definition) is 0. The Hall–Kier alpha value is -1.53. The van der Waals surface area contributed by atoms with Gasteiger partial charge in [-0.2, -0.15) is 0 Å². The van der Waals surface area contributed by atoms with Crippen molar-refractivity contribution in [2.24, 2.45) is 0 Å². The molecular weight excluding hydrogens is 324 g/mol. The highest BCUT2D eigenvalue weighted by Crippen LogP contribution is 2.33. The highest BCUT2D eigenvalue weighted by Gasteiger charge is 2.26. The van der Waals surface area contributed by atoms with Gasteiger partial charge >= 0.3 is 0 Å². The molecular formula is C18H24N2O3S. The van der Waals surface area contributed by atoms with Crippen LogP contribution in [-0.2, 0) is 11.3 Å². The van der Waals surface area contributed by atoms with Crippen LogP contribution in [0.25, 0.3) is 0 Å². The zero-order valence-electron chi connectivity index (χ0n) is 14.6. The molecule has 0 N–H and O–H groups in total. The average Bonchev–Trinajstić information content (AvgIpc) is 2.94. The van der Waals surface area contributed by atoms with Gasteiger partial charge in [0.1, 0.15) is 5.75 Å². The SMILES string of the molecule is Cc1ccc(C)c(OCc2nnc(SC3C[C@@H](C)O[C@@H](C)C3)o2)c1. The van der Waals surface area contributed by atoms with Gasteiger partial charge in [-0.05, 0) is 57.7 Å². The average molecular weight is 348 g/mol. The number of aromatic nitrogens is 2. The van der Waals surface area contributed by atoms with E-state index in [1.54, 1.807) is 11.8 Å². The van der Waals surface area contributed by atoms with Gasteiger partial charge in [-0.1, -0.05) is 23.9 Å². The van der Waals surface area contributed by atoms with Crippen molar-refractivity contribution < 1.29 is 13.9 Å². The van der Waals surface area contributed by atoms with E-state index in [2.05, 4.69) is 30.1 Å². The minimum absolute atomic E-state index is 0.279. The quantitative estimate of drug-likeness (QED) is 0.802. The lowest BCUT2D eigenvalue weighted by atomic mass is 10.1. The molecule has 1 aromatic carbocycles. The van der Waals surface area contributed by atoms with Crippen molar-refractivity contribution >= 4 is 11.8 Å². The summed E-state index contributed by atoms with van der Waals surface area (Å²) in [5, 5.41) is 9.30. The second-order valence-electron chi connectivity index (χ2n) is 6.49. The van der Waals surface area contributed by atoms with Crippen LogP contribution >= 0.6 is 11.8 Å². The monoisotopic (exact) mass is 348 g/mol. The van der Waals surface area contributed by atoms with Crippen molar-refractivity contribution in [3.63, 3.8) is 0 Å². The first-order valence-corrected chi connectivity index (χ1v) is 9.22. The fourth-order valence-electron chi connectivity index (χ4n) is 2.93. The second kappa shape index (κ2) is 7.57. The summed E-state index contributed by atoms with van der Waals surface area (Å²) < 4.78 is 17.3. The van der Waals surface area contributed by atoms with Crippen LogP contribution in [0.3, 0.4) is 0 Å². The zero-order chi connectivity index (χ0) is 17.1. The molecule has 0 aliphatic carbocycles. The van der Waals surface area contributed by atoms with Gasteiger partial charge in [0.05, 0.1) is 12.2 Å². The van der Waals surface area contributed by atoms with Crippen molar-refractivity contribution in [1.82, 2.24) is 10.2 Å². The molecule has 6 heteroatoms. The third kappa shape index (κ3) is 4.51.